The highest BCUT2D eigenvalue weighted by molar-refractivity contribution is 6.31. The fraction of sp³-hybridized carbons (Fsp3) is 0.0769. The Morgan fingerprint density at radius 2 is 1.89 bits per heavy atom. The Hall–Kier alpha value is -4.30. The molecule has 0 spiro atoms. The maximum absolute atomic E-state index is 13.2. The summed E-state index contributed by atoms with van der Waals surface area (Å²) >= 11 is 6.45. The maximum Gasteiger partial charge on any atom is 0.251 e. The molecular weight excluding hydrogens is 469 g/mol. The molecule has 0 radical (unpaired) electrons. The van der Waals surface area contributed by atoms with Crippen LogP contribution in [0.4, 0.5) is 10.1 Å². The zero-order chi connectivity index (χ0) is 24.8. The molecule has 2 aromatic heterocycles. The number of amides is 2. The van der Waals surface area contributed by atoms with Crippen LogP contribution in [0.1, 0.15) is 27.3 Å². The Kier molecular flexibility index (Phi) is 7.32. The van der Waals surface area contributed by atoms with Crippen LogP contribution in [-0.4, -0.2) is 26.6 Å². The SMILES string of the molecule is Cc1nn(-c2ccc(F)cc2)c(Cl)c1/C=C/C(=O)Nc1cccc(C(=O)NCc2ccccn2)c1. The number of halogens is 2. The van der Waals surface area contributed by atoms with Gasteiger partial charge in [-0.1, -0.05) is 23.7 Å². The fourth-order valence-electron chi connectivity index (χ4n) is 3.31. The Morgan fingerprint density at radius 1 is 1.09 bits per heavy atom. The van der Waals surface area contributed by atoms with E-state index in [2.05, 4.69) is 20.7 Å². The lowest BCUT2D eigenvalue weighted by molar-refractivity contribution is -0.111. The van der Waals surface area contributed by atoms with E-state index in [1.807, 2.05) is 12.1 Å². The lowest BCUT2D eigenvalue weighted by Gasteiger charge is -2.07. The number of rotatable bonds is 7. The summed E-state index contributed by atoms with van der Waals surface area (Å²) in [5.41, 5.74) is 3.38. The quantitative estimate of drug-likeness (QED) is 0.359. The molecule has 35 heavy (non-hydrogen) atoms. The van der Waals surface area contributed by atoms with Crippen molar-refractivity contribution in [3.63, 3.8) is 0 Å². The van der Waals surface area contributed by atoms with Crippen LogP contribution in [0, 0.1) is 12.7 Å². The standard InChI is InChI=1S/C26H21ClFN5O2/c1-17-23(25(27)33(32-17)22-10-8-19(28)9-11-22)12-13-24(34)31-20-7-4-5-18(15-20)26(35)30-16-21-6-2-3-14-29-21/h2-15H,16H2,1H3,(H,30,35)(H,31,34)/b13-12+. The highest BCUT2D eigenvalue weighted by atomic mass is 35.5. The van der Waals surface area contributed by atoms with Crippen molar-refractivity contribution in [1.82, 2.24) is 20.1 Å². The summed E-state index contributed by atoms with van der Waals surface area (Å²) in [6, 6.07) is 17.9. The largest absolute Gasteiger partial charge is 0.346 e. The van der Waals surface area contributed by atoms with Crippen molar-refractivity contribution in [2.75, 3.05) is 5.32 Å². The van der Waals surface area contributed by atoms with Gasteiger partial charge >= 0.3 is 0 Å². The van der Waals surface area contributed by atoms with Crippen molar-refractivity contribution in [2.24, 2.45) is 0 Å². The highest BCUT2D eigenvalue weighted by Crippen LogP contribution is 2.25. The summed E-state index contributed by atoms with van der Waals surface area (Å²) in [5, 5.41) is 10.2. The van der Waals surface area contributed by atoms with E-state index >= 15 is 0 Å². The van der Waals surface area contributed by atoms with Crippen molar-refractivity contribution in [2.45, 2.75) is 13.5 Å². The minimum Gasteiger partial charge on any atom is -0.346 e. The number of aryl methyl sites for hydroxylation is 1. The van der Waals surface area contributed by atoms with E-state index in [0.29, 0.717) is 39.9 Å². The van der Waals surface area contributed by atoms with Gasteiger partial charge < -0.3 is 10.6 Å². The van der Waals surface area contributed by atoms with Gasteiger partial charge in [0.2, 0.25) is 5.91 Å². The molecule has 0 atom stereocenters. The summed E-state index contributed by atoms with van der Waals surface area (Å²) < 4.78 is 14.7. The summed E-state index contributed by atoms with van der Waals surface area (Å²) in [6.45, 7) is 2.06. The third kappa shape index (κ3) is 5.99. The molecular formula is C26H21ClFN5O2. The van der Waals surface area contributed by atoms with Crippen LogP contribution in [0.5, 0.6) is 0 Å². The molecule has 9 heteroatoms. The number of carbonyl (C=O) groups excluding carboxylic acids is 2. The topological polar surface area (TPSA) is 88.9 Å². The van der Waals surface area contributed by atoms with Gasteiger partial charge in [-0.05, 0) is 67.6 Å². The van der Waals surface area contributed by atoms with Crippen LogP contribution in [0.3, 0.4) is 0 Å². The van der Waals surface area contributed by atoms with E-state index in [4.69, 9.17) is 11.6 Å². The van der Waals surface area contributed by atoms with Gasteiger partial charge in [-0.15, -0.1) is 0 Å². The summed E-state index contributed by atoms with van der Waals surface area (Å²) in [4.78, 5) is 29.1. The number of pyridine rings is 1. The number of anilines is 1. The number of benzene rings is 2. The fourth-order valence-corrected chi connectivity index (χ4v) is 3.65. The van der Waals surface area contributed by atoms with Gasteiger partial charge in [0, 0.05) is 29.1 Å². The van der Waals surface area contributed by atoms with Crippen LogP contribution in [0.15, 0.2) is 79.0 Å². The monoisotopic (exact) mass is 489 g/mol. The number of aromatic nitrogens is 3. The molecule has 2 aromatic carbocycles. The predicted molar refractivity (Wildman–Crippen MR) is 133 cm³/mol. The second kappa shape index (κ2) is 10.8. The van der Waals surface area contributed by atoms with E-state index in [1.165, 1.54) is 22.9 Å². The van der Waals surface area contributed by atoms with Crippen molar-refractivity contribution in [1.29, 1.82) is 0 Å². The molecule has 4 rings (SSSR count). The van der Waals surface area contributed by atoms with Gasteiger partial charge in [-0.2, -0.15) is 5.10 Å². The number of carbonyl (C=O) groups is 2. The third-order valence-corrected chi connectivity index (χ3v) is 5.43. The molecule has 0 saturated carbocycles. The minimum absolute atomic E-state index is 0.280. The molecule has 0 fully saturated rings. The predicted octanol–water partition coefficient (Wildman–Crippen LogP) is 4.95. The maximum atomic E-state index is 13.2. The van der Waals surface area contributed by atoms with Crippen LogP contribution >= 0.6 is 11.6 Å². The molecule has 2 amide bonds. The van der Waals surface area contributed by atoms with E-state index in [0.717, 1.165) is 5.69 Å². The van der Waals surface area contributed by atoms with Crippen molar-refractivity contribution < 1.29 is 14.0 Å². The van der Waals surface area contributed by atoms with Gasteiger partial charge in [0.05, 0.1) is 23.6 Å². The van der Waals surface area contributed by atoms with Crippen LogP contribution in [0.25, 0.3) is 11.8 Å². The molecule has 0 unspecified atom stereocenters. The molecule has 4 aromatic rings. The second-order valence-electron chi connectivity index (χ2n) is 7.59. The highest BCUT2D eigenvalue weighted by Gasteiger charge is 2.13. The molecule has 0 aliphatic heterocycles. The average molecular weight is 490 g/mol. The lowest BCUT2D eigenvalue weighted by Crippen LogP contribution is -2.23. The molecule has 0 aliphatic rings. The summed E-state index contributed by atoms with van der Waals surface area (Å²) in [6.07, 6.45) is 4.55. The zero-order valence-electron chi connectivity index (χ0n) is 18.7. The van der Waals surface area contributed by atoms with Gasteiger partial charge in [-0.25, -0.2) is 9.07 Å². The van der Waals surface area contributed by atoms with Crippen LogP contribution < -0.4 is 10.6 Å². The summed E-state index contributed by atoms with van der Waals surface area (Å²) in [5.74, 6) is -1.04. The van der Waals surface area contributed by atoms with Gasteiger partial charge in [-0.3, -0.25) is 14.6 Å². The minimum atomic E-state index is -0.402. The first-order valence-electron chi connectivity index (χ1n) is 10.7. The third-order valence-electron chi connectivity index (χ3n) is 5.07. The van der Waals surface area contributed by atoms with Crippen molar-refractivity contribution in [3.05, 3.63) is 112 Å². The normalized spacial score (nSPS) is 10.9. The van der Waals surface area contributed by atoms with Crippen LogP contribution in [-0.2, 0) is 11.3 Å². The Balaban J connectivity index is 1.41. The smallest absolute Gasteiger partial charge is 0.251 e. The molecule has 0 bridgehead atoms. The van der Waals surface area contributed by atoms with Crippen molar-refractivity contribution in [3.8, 4) is 5.69 Å². The Bertz CT molecular complexity index is 1380. The van der Waals surface area contributed by atoms with Gasteiger partial charge in [0.25, 0.3) is 5.91 Å². The first-order chi connectivity index (χ1) is 16.9. The molecule has 0 saturated heterocycles. The molecule has 7 nitrogen and oxygen atoms in total. The zero-order valence-corrected chi connectivity index (χ0v) is 19.5. The summed E-state index contributed by atoms with van der Waals surface area (Å²) in [7, 11) is 0. The Labute approximate surface area is 206 Å². The number of nitrogens with zero attached hydrogens (tertiary/aromatic N) is 3. The van der Waals surface area contributed by atoms with Crippen molar-refractivity contribution >= 4 is 35.2 Å². The molecule has 0 aliphatic carbocycles. The van der Waals surface area contributed by atoms with E-state index in [-0.39, 0.29) is 11.7 Å². The van der Waals surface area contributed by atoms with Gasteiger partial charge in [0.15, 0.2) is 0 Å². The van der Waals surface area contributed by atoms with E-state index < -0.39 is 5.91 Å². The number of nitrogens with one attached hydrogen (secondary N) is 2. The number of hydrogen-bond donors (Lipinski definition) is 2. The second-order valence-corrected chi connectivity index (χ2v) is 7.94. The number of hydrogen-bond acceptors (Lipinski definition) is 4. The van der Waals surface area contributed by atoms with Crippen LogP contribution in [0.2, 0.25) is 5.15 Å². The van der Waals surface area contributed by atoms with E-state index in [1.54, 1.807) is 61.7 Å². The van der Waals surface area contributed by atoms with Gasteiger partial charge in [0.1, 0.15) is 11.0 Å². The Morgan fingerprint density at radius 3 is 2.63 bits per heavy atom. The molecule has 176 valence electrons. The first kappa shape index (κ1) is 23.8. The lowest BCUT2D eigenvalue weighted by atomic mass is 10.2. The molecule has 2 heterocycles. The molecule has 2 N–H and O–H groups in total. The average Bonchev–Trinajstić information content (AvgIpc) is 3.15. The van der Waals surface area contributed by atoms with E-state index in [9.17, 15) is 14.0 Å². The first-order valence-corrected chi connectivity index (χ1v) is 11.1.